The number of carboxylic acids is 1. The zero-order chi connectivity index (χ0) is 22.4. The third-order valence-corrected chi connectivity index (χ3v) is 6.09. The maximum Gasteiger partial charge on any atom is 0.341 e. The fourth-order valence-electron chi connectivity index (χ4n) is 4.66. The second-order valence-electron chi connectivity index (χ2n) is 8.06. The Morgan fingerprint density at radius 1 is 1.22 bits per heavy atom. The van der Waals surface area contributed by atoms with E-state index in [4.69, 9.17) is 15.6 Å². The first kappa shape index (κ1) is 19.9. The van der Waals surface area contributed by atoms with Gasteiger partial charge in [-0.1, -0.05) is 12.2 Å². The number of aromatic nitrogens is 3. The number of primary amides is 1. The molecule has 2 aliphatic carbocycles. The second kappa shape index (κ2) is 7.56. The Hall–Kier alpha value is -4.08. The summed E-state index contributed by atoms with van der Waals surface area (Å²) in [6.45, 7) is -0.424. The topological polar surface area (TPSA) is 163 Å². The van der Waals surface area contributed by atoms with Gasteiger partial charge in [0.2, 0.25) is 5.91 Å². The number of allylic oxidation sites excluding steroid dienone is 1. The van der Waals surface area contributed by atoms with Crippen molar-refractivity contribution < 1.29 is 24.5 Å². The van der Waals surface area contributed by atoms with Gasteiger partial charge in [0.15, 0.2) is 18.0 Å². The van der Waals surface area contributed by atoms with Crippen molar-refractivity contribution in [2.45, 2.75) is 12.5 Å². The molecule has 10 nitrogen and oxygen atoms in total. The van der Waals surface area contributed by atoms with Gasteiger partial charge in [0.25, 0.3) is 0 Å². The Balaban J connectivity index is 1.45. The van der Waals surface area contributed by atoms with Gasteiger partial charge < -0.3 is 31.0 Å². The van der Waals surface area contributed by atoms with Crippen LogP contribution in [0.2, 0.25) is 0 Å². The number of pyridine rings is 1. The molecule has 1 aromatic carbocycles. The zero-order valence-corrected chi connectivity index (χ0v) is 16.9. The molecular weight excluding hydrogens is 414 g/mol. The fourth-order valence-corrected chi connectivity index (χ4v) is 4.66. The number of benzene rings is 1. The van der Waals surface area contributed by atoms with Gasteiger partial charge in [-0.05, 0) is 42.5 Å². The molecule has 0 aliphatic heterocycles. The number of hydrogen-bond acceptors (Lipinski definition) is 7. The number of carbonyl (C=O) groups is 2. The second-order valence-corrected chi connectivity index (χ2v) is 8.06. The molecule has 32 heavy (non-hydrogen) atoms. The fraction of sp³-hybridized carbons (Fsp3) is 0.273. The first-order valence-corrected chi connectivity index (χ1v) is 10.2. The molecule has 3 aromatic rings. The van der Waals surface area contributed by atoms with E-state index in [-0.39, 0.29) is 35.5 Å². The lowest BCUT2D eigenvalue weighted by atomic mass is 9.88. The predicted octanol–water partition coefficient (Wildman–Crippen LogP) is 1.88. The van der Waals surface area contributed by atoms with Crippen LogP contribution in [0.1, 0.15) is 6.42 Å². The largest absolute Gasteiger partial charge is 0.504 e. The Kier molecular flexibility index (Phi) is 4.69. The monoisotopic (exact) mass is 435 g/mol. The van der Waals surface area contributed by atoms with Crippen LogP contribution in [-0.2, 0) is 9.59 Å². The van der Waals surface area contributed by atoms with E-state index in [1.807, 2.05) is 6.08 Å². The number of rotatable bonds is 7. The molecule has 4 unspecified atom stereocenters. The van der Waals surface area contributed by atoms with Crippen molar-refractivity contribution in [3.63, 3.8) is 0 Å². The number of fused-ring (bicyclic) bond motifs is 3. The van der Waals surface area contributed by atoms with E-state index in [1.165, 1.54) is 6.20 Å². The van der Waals surface area contributed by atoms with Crippen molar-refractivity contribution in [2.24, 2.45) is 23.5 Å². The Bertz CT molecular complexity index is 1240. The molecular formula is C22H21N5O5. The number of nitrogens with two attached hydrogens (primary N) is 1. The van der Waals surface area contributed by atoms with E-state index in [9.17, 15) is 14.7 Å². The van der Waals surface area contributed by atoms with Gasteiger partial charge in [0, 0.05) is 11.6 Å². The molecule has 2 aliphatic rings. The number of imidazole rings is 1. The molecule has 1 fully saturated rings. The summed E-state index contributed by atoms with van der Waals surface area (Å²) in [5.74, 6) is -0.623. The summed E-state index contributed by atoms with van der Waals surface area (Å²) in [6.07, 6.45) is 6.30. The number of ether oxygens (including phenoxy) is 1. The number of nitrogens with zero attached hydrogens (tertiary/aromatic N) is 2. The van der Waals surface area contributed by atoms with E-state index in [0.717, 1.165) is 12.0 Å². The van der Waals surface area contributed by atoms with Crippen LogP contribution >= 0.6 is 0 Å². The van der Waals surface area contributed by atoms with Crippen LogP contribution < -0.4 is 15.8 Å². The number of aromatic hydroxyl groups is 1. The minimum Gasteiger partial charge on any atom is -0.504 e. The van der Waals surface area contributed by atoms with Crippen molar-refractivity contribution in [1.29, 1.82) is 0 Å². The minimum atomic E-state index is -1.05. The molecule has 4 atom stereocenters. The molecule has 0 spiro atoms. The Morgan fingerprint density at radius 3 is 2.69 bits per heavy atom. The molecule has 2 aromatic heterocycles. The summed E-state index contributed by atoms with van der Waals surface area (Å²) < 4.78 is 5.15. The van der Waals surface area contributed by atoms with Gasteiger partial charge in [0.05, 0.1) is 12.1 Å². The van der Waals surface area contributed by atoms with E-state index >= 15 is 0 Å². The van der Waals surface area contributed by atoms with Gasteiger partial charge in [0.1, 0.15) is 22.8 Å². The maximum atomic E-state index is 12.1. The van der Waals surface area contributed by atoms with Crippen LogP contribution in [0.5, 0.6) is 11.5 Å². The summed E-state index contributed by atoms with van der Waals surface area (Å²) in [6, 6.07) is 6.55. The highest BCUT2D eigenvalue weighted by Crippen LogP contribution is 2.46. The van der Waals surface area contributed by atoms with Crippen molar-refractivity contribution in [3.05, 3.63) is 42.6 Å². The summed E-state index contributed by atoms with van der Waals surface area (Å²) in [5.41, 5.74) is 7.73. The van der Waals surface area contributed by atoms with E-state index < -0.39 is 12.6 Å². The number of aromatic amines is 1. The number of carboxylic acid groups (broad SMARTS) is 1. The highest BCUT2D eigenvalue weighted by Gasteiger charge is 2.47. The van der Waals surface area contributed by atoms with Gasteiger partial charge in [-0.3, -0.25) is 4.79 Å². The van der Waals surface area contributed by atoms with Crippen molar-refractivity contribution in [3.8, 4) is 22.9 Å². The third kappa shape index (κ3) is 3.39. The van der Waals surface area contributed by atoms with Crippen LogP contribution in [-0.4, -0.2) is 49.7 Å². The normalized spacial score (nSPS) is 23.5. The highest BCUT2D eigenvalue weighted by atomic mass is 16.5. The average molecular weight is 435 g/mol. The summed E-state index contributed by atoms with van der Waals surface area (Å²) in [5, 5.41) is 22.6. The van der Waals surface area contributed by atoms with Gasteiger partial charge in [-0.15, -0.1) is 0 Å². The third-order valence-electron chi connectivity index (χ3n) is 6.09. The maximum absolute atomic E-state index is 12.1. The Labute approximate surface area is 182 Å². The number of hydrogen-bond donors (Lipinski definition) is 5. The molecule has 10 heteroatoms. The first-order valence-electron chi connectivity index (χ1n) is 10.2. The van der Waals surface area contributed by atoms with E-state index in [2.05, 4.69) is 26.3 Å². The minimum absolute atomic E-state index is 0.0555. The molecule has 6 N–H and O–H groups in total. The van der Waals surface area contributed by atoms with Gasteiger partial charge in [-0.2, -0.15) is 0 Å². The van der Waals surface area contributed by atoms with Crippen LogP contribution in [0.25, 0.3) is 22.6 Å². The first-order chi connectivity index (χ1) is 15.4. The number of anilines is 1. The highest BCUT2D eigenvalue weighted by molar-refractivity contribution is 5.91. The van der Waals surface area contributed by atoms with Crippen LogP contribution in [0, 0.1) is 17.8 Å². The van der Waals surface area contributed by atoms with Crippen molar-refractivity contribution in [1.82, 2.24) is 15.0 Å². The quantitative estimate of drug-likeness (QED) is 0.351. The molecule has 2 bridgehead atoms. The number of aliphatic carboxylic acids is 1. The Morgan fingerprint density at radius 2 is 1.97 bits per heavy atom. The van der Waals surface area contributed by atoms with Gasteiger partial charge in [-0.25, -0.2) is 14.8 Å². The molecule has 0 radical (unpaired) electrons. The summed E-state index contributed by atoms with van der Waals surface area (Å²) in [7, 11) is 0. The van der Waals surface area contributed by atoms with E-state index in [1.54, 1.807) is 24.3 Å². The smallest absolute Gasteiger partial charge is 0.341 e. The SMILES string of the molecule is NC(=O)C1C2C=CC(C2)C1Nc1c(O)cnc2nc(-c3ccc(OCC(=O)O)cc3)[nH]c12. The number of carbonyl (C=O) groups excluding carboxylic acids is 1. The summed E-state index contributed by atoms with van der Waals surface area (Å²) in [4.78, 5) is 34.6. The van der Waals surface area contributed by atoms with Crippen LogP contribution in [0.15, 0.2) is 42.6 Å². The van der Waals surface area contributed by atoms with Gasteiger partial charge >= 0.3 is 5.97 Å². The molecule has 0 saturated heterocycles. The predicted molar refractivity (Wildman–Crippen MR) is 115 cm³/mol. The standard InChI is InChI=1S/C22H21N5O5/c23-20(31)16-11-1-2-12(7-11)17(16)25-18-14(28)8-24-22-19(18)26-21(27-22)10-3-5-13(6-4-10)32-9-15(29)30/h1-6,8,11-12,16-17,28H,7,9H2,(H2,23,31)(H,29,30)(H2,24,25,26,27). The number of amides is 1. The molecule has 164 valence electrons. The lowest BCUT2D eigenvalue weighted by molar-refractivity contribution is -0.139. The molecule has 1 saturated carbocycles. The van der Waals surface area contributed by atoms with E-state index in [0.29, 0.717) is 28.4 Å². The van der Waals surface area contributed by atoms with Crippen molar-refractivity contribution >= 4 is 28.7 Å². The number of H-pyrrole nitrogens is 1. The number of nitrogens with one attached hydrogen (secondary N) is 2. The molecule has 1 amide bonds. The molecule has 2 heterocycles. The molecule has 5 rings (SSSR count). The van der Waals surface area contributed by atoms with Crippen molar-refractivity contribution in [2.75, 3.05) is 11.9 Å². The zero-order valence-electron chi connectivity index (χ0n) is 16.9. The average Bonchev–Trinajstić information content (AvgIpc) is 3.49. The summed E-state index contributed by atoms with van der Waals surface area (Å²) >= 11 is 0. The lowest BCUT2D eigenvalue weighted by Crippen LogP contribution is -2.41. The lowest BCUT2D eigenvalue weighted by Gasteiger charge is -2.27. The van der Waals surface area contributed by atoms with Crippen LogP contribution in [0.3, 0.4) is 0 Å². The van der Waals surface area contributed by atoms with Crippen LogP contribution in [0.4, 0.5) is 5.69 Å².